The lowest BCUT2D eigenvalue weighted by molar-refractivity contribution is 0.806. The Bertz CT molecular complexity index is 33.7. The number of hydrogen-bond donors (Lipinski definition) is 0. The van der Waals surface area contributed by atoms with Gasteiger partial charge >= 0.3 is 0 Å². The molecule has 0 nitrogen and oxygen atoms in total. The lowest BCUT2D eigenvalue weighted by Crippen LogP contribution is -2.04. The maximum Gasteiger partial charge on any atom is 0.00723 e. The molecule has 0 rings (SSSR count). The second kappa shape index (κ2) is 1.87. The van der Waals surface area contributed by atoms with Crippen molar-refractivity contribution in [2.24, 2.45) is 0 Å². The van der Waals surface area contributed by atoms with Gasteiger partial charge in [-0.1, -0.05) is 20.8 Å². The van der Waals surface area contributed by atoms with Gasteiger partial charge in [0.1, 0.15) is 0 Å². The molecular weight excluding hydrogens is 92.1 g/mol. The zero-order valence-electron chi connectivity index (χ0n) is 4.91. The largest absolute Gasteiger partial charge is 0.159 e. The highest BCUT2D eigenvalue weighted by Gasteiger charge is 2.04. The van der Waals surface area contributed by atoms with Crippen LogP contribution in [0.25, 0.3) is 0 Å². The van der Waals surface area contributed by atoms with E-state index in [1.54, 1.807) is 0 Å². The fraction of sp³-hybridized carbons (Fsp3) is 1.00. The number of thioether (sulfide) groups is 1. The zero-order valence-corrected chi connectivity index (χ0v) is 5.72. The molecule has 0 aliphatic carbocycles. The lowest BCUT2D eigenvalue weighted by atomic mass is 10.3. The van der Waals surface area contributed by atoms with Crippen molar-refractivity contribution in [1.82, 2.24) is 0 Å². The molecule has 1 heteroatoms. The Morgan fingerprint density at radius 2 is 1.33 bits per heavy atom. The molecule has 38 valence electrons. The van der Waals surface area contributed by atoms with Gasteiger partial charge in [-0.2, -0.15) is 11.8 Å². The second-order valence-corrected chi connectivity index (χ2v) is 3.95. The highest BCUT2D eigenvalue weighted by atomic mass is 32.2. The van der Waals surface area contributed by atoms with E-state index in [-0.39, 0.29) is 0 Å². The minimum absolute atomic E-state index is 0.458. The van der Waals surface area contributed by atoms with Crippen molar-refractivity contribution >= 4 is 11.8 Å². The fourth-order valence-electron chi connectivity index (χ4n) is 0. The Morgan fingerprint density at radius 1 is 1.17 bits per heavy atom. The van der Waals surface area contributed by atoms with Gasteiger partial charge in [-0.3, -0.25) is 0 Å². The summed E-state index contributed by atoms with van der Waals surface area (Å²) in [5.41, 5.74) is 0. The maximum atomic E-state index is 2.21. The number of rotatable bonds is 0. The van der Waals surface area contributed by atoms with Crippen LogP contribution in [-0.4, -0.2) is 11.0 Å². The predicted octanol–water partition coefficient (Wildman–Crippen LogP) is 2.15. The van der Waals surface area contributed by atoms with Gasteiger partial charge in [0.05, 0.1) is 0 Å². The van der Waals surface area contributed by atoms with E-state index in [0.717, 1.165) is 0 Å². The average Bonchev–Trinajstić information content (AvgIpc) is 1.35. The third-order valence-electron chi connectivity index (χ3n) is 0.612. The van der Waals surface area contributed by atoms with Crippen molar-refractivity contribution in [2.45, 2.75) is 25.5 Å². The molecule has 6 heavy (non-hydrogen) atoms. The molecule has 0 aromatic rings. The Balaban J connectivity index is 3.17. The quantitative estimate of drug-likeness (QED) is 0.454. The van der Waals surface area contributed by atoms with Gasteiger partial charge in [-0.25, -0.2) is 0 Å². The van der Waals surface area contributed by atoms with Gasteiger partial charge < -0.3 is 0 Å². The van der Waals surface area contributed by atoms with Gasteiger partial charge in [0.15, 0.2) is 0 Å². The standard InChI is InChI=1S/C5H12S/c1-5(2,3)6-4/h1-4H3. The Hall–Kier alpha value is 0.350. The molecule has 0 amide bonds. The van der Waals surface area contributed by atoms with Gasteiger partial charge in [-0.05, 0) is 6.26 Å². The molecule has 0 radical (unpaired) electrons. The molecule has 0 saturated carbocycles. The molecule has 0 spiro atoms. The van der Waals surface area contributed by atoms with Crippen LogP contribution in [0, 0.1) is 0 Å². The SMILES string of the molecule is CSC(C)(C)C. The predicted molar refractivity (Wildman–Crippen MR) is 33.3 cm³/mol. The van der Waals surface area contributed by atoms with Crippen LogP contribution in [0.4, 0.5) is 0 Å². The summed E-state index contributed by atoms with van der Waals surface area (Å²) in [6, 6.07) is 0. The molecule has 0 fully saturated rings. The summed E-state index contributed by atoms with van der Waals surface area (Å²) in [5.74, 6) is 0. The molecule has 0 aliphatic heterocycles. The minimum Gasteiger partial charge on any atom is -0.159 e. The highest BCUT2D eigenvalue weighted by Crippen LogP contribution is 2.18. The first-order chi connectivity index (χ1) is 2.56. The average molecular weight is 104 g/mol. The molecule has 0 heterocycles. The maximum absolute atomic E-state index is 2.21. The molecule has 0 atom stereocenters. The van der Waals surface area contributed by atoms with Crippen molar-refractivity contribution < 1.29 is 0 Å². The molecule has 0 N–H and O–H groups in total. The third kappa shape index (κ3) is 4.35. The van der Waals surface area contributed by atoms with E-state index in [9.17, 15) is 0 Å². The van der Waals surface area contributed by atoms with E-state index in [1.807, 2.05) is 11.8 Å². The van der Waals surface area contributed by atoms with Crippen molar-refractivity contribution in [2.75, 3.05) is 6.26 Å². The summed E-state index contributed by atoms with van der Waals surface area (Å²) >= 11 is 1.88. The van der Waals surface area contributed by atoms with Crippen molar-refractivity contribution in [3.8, 4) is 0 Å². The summed E-state index contributed by atoms with van der Waals surface area (Å²) < 4.78 is 0.458. The van der Waals surface area contributed by atoms with Crippen LogP contribution in [-0.2, 0) is 0 Å². The molecule has 0 saturated heterocycles. The van der Waals surface area contributed by atoms with E-state index in [0.29, 0.717) is 4.75 Å². The van der Waals surface area contributed by atoms with Gasteiger partial charge in [0, 0.05) is 4.75 Å². The van der Waals surface area contributed by atoms with Gasteiger partial charge in [0.25, 0.3) is 0 Å². The van der Waals surface area contributed by atoms with Crippen molar-refractivity contribution in [3.05, 3.63) is 0 Å². The summed E-state index contributed by atoms with van der Waals surface area (Å²) in [5, 5.41) is 0. The molecule has 0 aromatic heterocycles. The van der Waals surface area contributed by atoms with Crippen LogP contribution in [0.1, 0.15) is 20.8 Å². The molecule has 0 bridgehead atoms. The highest BCUT2D eigenvalue weighted by molar-refractivity contribution is 7.99. The van der Waals surface area contributed by atoms with Crippen LogP contribution in [0.5, 0.6) is 0 Å². The van der Waals surface area contributed by atoms with E-state index in [4.69, 9.17) is 0 Å². The zero-order chi connectivity index (χ0) is 5.21. The third-order valence-corrected chi connectivity index (χ3v) is 1.84. The summed E-state index contributed by atoms with van der Waals surface area (Å²) in [4.78, 5) is 0. The molecular formula is C5H12S. The van der Waals surface area contributed by atoms with E-state index < -0.39 is 0 Å². The van der Waals surface area contributed by atoms with Crippen LogP contribution < -0.4 is 0 Å². The first-order valence-electron chi connectivity index (χ1n) is 2.11. The van der Waals surface area contributed by atoms with Crippen LogP contribution in [0.3, 0.4) is 0 Å². The summed E-state index contributed by atoms with van der Waals surface area (Å²) in [6.45, 7) is 6.62. The van der Waals surface area contributed by atoms with Crippen molar-refractivity contribution in [1.29, 1.82) is 0 Å². The minimum atomic E-state index is 0.458. The monoisotopic (exact) mass is 104 g/mol. The van der Waals surface area contributed by atoms with E-state index >= 15 is 0 Å². The van der Waals surface area contributed by atoms with Crippen LogP contribution in [0.2, 0.25) is 0 Å². The lowest BCUT2D eigenvalue weighted by Gasteiger charge is -2.12. The summed E-state index contributed by atoms with van der Waals surface area (Å²) in [6.07, 6.45) is 2.12. The van der Waals surface area contributed by atoms with Crippen LogP contribution >= 0.6 is 11.8 Å². The first-order valence-corrected chi connectivity index (χ1v) is 3.34. The summed E-state index contributed by atoms with van der Waals surface area (Å²) in [7, 11) is 0. The first kappa shape index (κ1) is 6.35. The van der Waals surface area contributed by atoms with Gasteiger partial charge in [0.2, 0.25) is 0 Å². The van der Waals surface area contributed by atoms with Crippen LogP contribution in [0.15, 0.2) is 0 Å². The fourth-order valence-corrected chi connectivity index (χ4v) is 0. The smallest absolute Gasteiger partial charge is 0.00723 e. The molecule has 0 aromatic carbocycles. The normalized spacial score (nSPS) is 12.0. The molecule has 0 aliphatic rings. The van der Waals surface area contributed by atoms with E-state index in [1.165, 1.54) is 0 Å². The molecule has 0 unspecified atom stereocenters. The topological polar surface area (TPSA) is 0 Å². The van der Waals surface area contributed by atoms with Gasteiger partial charge in [-0.15, -0.1) is 0 Å². The number of hydrogen-bond acceptors (Lipinski definition) is 1. The Morgan fingerprint density at radius 3 is 1.33 bits per heavy atom. The van der Waals surface area contributed by atoms with Crippen molar-refractivity contribution in [3.63, 3.8) is 0 Å². The Kier molecular flexibility index (Phi) is 1.98. The second-order valence-electron chi connectivity index (χ2n) is 2.32. The van der Waals surface area contributed by atoms with E-state index in [2.05, 4.69) is 27.0 Å². The Labute approximate surface area is 44.3 Å².